The molecular weight excluding hydrogens is 323 g/mol. The van der Waals surface area contributed by atoms with E-state index in [1.807, 2.05) is 6.92 Å². The van der Waals surface area contributed by atoms with Crippen LogP contribution < -0.4 is 5.32 Å². The van der Waals surface area contributed by atoms with Crippen molar-refractivity contribution in [3.05, 3.63) is 28.2 Å². The first-order valence-electron chi connectivity index (χ1n) is 6.09. The topological polar surface area (TPSA) is 21.3 Å². The highest BCUT2D eigenvalue weighted by Crippen LogP contribution is 2.37. The van der Waals surface area contributed by atoms with Gasteiger partial charge in [0.15, 0.2) is 0 Å². The minimum absolute atomic E-state index is 0.0511. The van der Waals surface area contributed by atoms with Crippen LogP contribution in [0.25, 0.3) is 0 Å². The second-order valence-electron chi connectivity index (χ2n) is 4.74. The lowest BCUT2D eigenvalue weighted by Crippen LogP contribution is -2.27. The predicted octanol–water partition coefficient (Wildman–Crippen LogP) is 4.30. The lowest BCUT2D eigenvalue weighted by atomic mass is 10.00. The van der Waals surface area contributed by atoms with Crippen molar-refractivity contribution >= 4 is 21.6 Å². The van der Waals surface area contributed by atoms with E-state index in [2.05, 4.69) is 21.2 Å². The second-order valence-corrected chi connectivity index (χ2v) is 5.66. The van der Waals surface area contributed by atoms with Crippen LogP contribution >= 0.6 is 15.9 Å². The summed E-state index contributed by atoms with van der Waals surface area (Å²) < 4.78 is 44.6. The number of rotatable bonds is 3. The standard InChI is InChI=1S/C13H15BrF3NO/c1-8(9-4-5-19-7-9)18-12-3-2-10(14)6-11(12)13(15,16)17/h2-3,6,8-9,18H,4-5,7H2,1H3. The SMILES string of the molecule is CC(Nc1ccc(Br)cc1C(F)(F)F)C1CCOC1. The molecule has 0 radical (unpaired) electrons. The van der Waals surface area contributed by atoms with Crippen LogP contribution in [0.5, 0.6) is 0 Å². The number of nitrogens with one attached hydrogen (secondary N) is 1. The molecule has 0 aliphatic carbocycles. The molecule has 2 nitrogen and oxygen atoms in total. The van der Waals surface area contributed by atoms with E-state index in [-0.39, 0.29) is 17.6 Å². The molecule has 1 aromatic rings. The van der Waals surface area contributed by atoms with Gasteiger partial charge in [0, 0.05) is 28.7 Å². The molecule has 106 valence electrons. The summed E-state index contributed by atoms with van der Waals surface area (Å²) in [4.78, 5) is 0. The number of hydrogen-bond acceptors (Lipinski definition) is 2. The Labute approximate surface area is 118 Å². The molecule has 0 saturated carbocycles. The van der Waals surface area contributed by atoms with E-state index in [1.54, 1.807) is 6.07 Å². The fourth-order valence-electron chi connectivity index (χ4n) is 2.19. The maximum atomic E-state index is 13.0. The zero-order valence-electron chi connectivity index (χ0n) is 10.4. The summed E-state index contributed by atoms with van der Waals surface area (Å²) in [5, 5.41) is 2.97. The molecule has 0 amide bonds. The minimum atomic E-state index is -4.36. The zero-order chi connectivity index (χ0) is 14.0. The van der Waals surface area contributed by atoms with Crippen LogP contribution in [-0.2, 0) is 10.9 Å². The highest BCUT2D eigenvalue weighted by molar-refractivity contribution is 9.10. The van der Waals surface area contributed by atoms with E-state index in [4.69, 9.17) is 4.74 Å². The van der Waals surface area contributed by atoms with Crippen molar-refractivity contribution in [3.8, 4) is 0 Å². The number of ether oxygens (including phenoxy) is 1. The van der Waals surface area contributed by atoms with Gasteiger partial charge in [-0.1, -0.05) is 15.9 Å². The summed E-state index contributed by atoms with van der Waals surface area (Å²) in [6.45, 7) is 3.18. The van der Waals surface area contributed by atoms with Gasteiger partial charge in [-0.2, -0.15) is 13.2 Å². The van der Waals surface area contributed by atoms with Crippen LogP contribution in [0.4, 0.5) is 18.9 Å². The molecule has 2 atom stereocenters. The Morgan fingerprint density at radius 1 is 1.42 bits per heavy atom. The molecule has 1 aliphatic heterocycles. The van der Waals surface area contributed by atoms with Crippen LogP contribution in [0.15, 0.2) is 22.7 Å². The van der Waals surface area contributed by atoms with Crippen LogP contribution in [0.2, 0.25) is 0 Å². The van der Waals surface area contributed by atoms with Crippen molar-refractivity contribution < 1.29 is 17.9 Å². The number of benzene rings is 1. The molecular formula is C13H15BrF3NO. The van der Waals surface area contributed by atoms with Gasteiger partial charge >= 0.3 is 6.18 Å². The average molecular weight is 338 g/mol. The van der Waals surface area contributed by atoms with Crippen molar-refractivity contribution in [1.82, 2.24) is 0 Å². The zero-order valence-corrected chi connectivity index (χ0v) is 12.0. The van der Waals surface area contributed by atoms with Gasteiger partial charge in [-0.25, -0.2) is 0 Å². The molecule has 1 aliphatic rings. The Balaban J connectivity index is 2.19. The molecule has 19 heavy (non-hydrogen) atoms. The second kappa shape index (κ2) is 5.71. The summed E-state index contributed by atoms with van der Waals surface area (Å²) in [5.41, 5.74) is -0.525. The van der Waals surface area contributed by atoms with E-state index >= 15 is 0 Å². The third-order valence-electron chi connectivity index (χ3n) is 3.34. The highest BCUT2D eigenvalue weighted by Gasteiger charge is 2.34. The van der Waals surface area contributed by atoms with Gasteiger partial charge in [0.05, 0.1) is 12.2 Å². The monoisotopic (exact) mass is 337 g/mol. The summed E-state index contributed by atoms with van der Waals surface area (Å²) >= 11 is 3.07. The predicted molar refractivity (Wildman–Crippen MR) is 71.2 cm³/mol. The number of anilines is 1. The van der Waals surface area contributed by atoms with Crippen LogP contribution in [-0.4, -0.2) is 19.3 Å². The lowest BCUT2D eigenvalue weighted by Gasteiger charge is -2.23. The largest absolute Gasteiger partial charge is 0.418 e. The van der Waals surface area contributed by atoms with Crippen molar-refractivity contribution in [2.75, 3.05) is 18.5 Å². The molecule has 0 bridgehead atoms. The average Bonchev–Trinajstić information content (AvgIpc) is 2.83. The number of halogens is 4. The fourth-order valence-corrected chi connectivity index (χ4v) is 2.55. The van der Waals surface area contributed by atoms with E-state index in [9.17, 15) is 13.2 Å². The molecule has 0 aromatic heterocycles. The molecule has 1 fully saturated rings. The fraction of sp³-hybridized carbons (Fsp3) is 0.538. The third kappa shape index (κ3) is 3.63. The van der Waals surface area contributed by atoms with Crippen LogP contribution in [0.1, 0.15) is 18.9 Å². The van der Waals surface area contributed by atoms with Gasteiger partial charge in [-0.3, -0.25) is 0 Å². The van der Waals surface area contributed by atoms with Crippen molar-refractivity contribution in [2.24, 2.45) is 5.92 Å². The molecule has 2 rings (SSSR count). The smallest absolute Gasteiger partial charge is 0.382 e. The van der Waals surface area contributed by atoms with E-state index in [1.165, 1.54) is 6.07 Å². The maximum Gasteiger partial charge on any atom is 0.418 e. The van der Waals surface area contributed by atoms with Gasteiger partial charge in [0.1, 0.15) is 0 Å². The van der Waals surface area contributed by atoms with E-state index < -0.39 is 11.7 Å². The maximum absolute atomic E-state index is 13.0. The van der Waals surface area contributed by atoms with Crippen molar-refractivity contribution in [1.29, 1.82) is 0 Å². The third-order valence-corrected chi connectivity index (χ3v) is 3.84. The Bertz CT molecular complexity index is 444. The van der Waals surface area contributed by atoms with Gasteiger partial charge < -0.3 is 10.1 Å². The Morgan fingerprint density at radius 2 is 2.16 bits per heavy atom. The molecule has 6 heteroatoms. The van der Waals surface area contributed by atoms with E-state index in [0.29, 0.717) is 17.7 Å². The number of alkyl halides is 3. The Hall–Kier alpha value is -0.750. The normalized spacial score (nSPS) is 21.4. The molecule has 0 spiro atoms. The Kier molecular flexibility index (Phi) is 4.40. The highest BCUT2D eigenvalue weighted by atomic mass is 79.9. The van der Waals surface area contributed by atoms with Crippen molar-refractivity contribution in [2.45, 2.75) is 25.6 Å². The number of hydrogen-bond donors (Lipinski definition) is 1. The lowest BCUT2D eigenvalue weighted by molar-refractivity contribution is -0.137. The quantitative estimate of drug-likeness (QED) is 0.887. The van der Waals surface area contributed by atoms with Gasteiger partial charge in [0.2, 0.25) is 0 Å². The van der Waals surface area contributed by atoms with Gasteiger partial charge in [-0.05, 0) is 31.5 Å². The van der Waals surface area contributed by atoms with Crippen molar-refractivity contribution in [3.63, 3.8) is 0 Å². The molecule has 1 N–H and O–H groups in total. The summed E-state index contributed by atoms with van der Waals surface area (Å²) in [5.74, 6) is 0.254. The molecule has 1 heterocycles. The molecule has 1 saturated heterocycles. The first-order chi connectivity index (χ1) is 8.88. The minimum Gasteiger partial charge on any atom is -0.382 e. The summed E-state index contributed by atoms with van der Waals surface area (Å²) in [6.07, 6.45) is -3.48. The van der Waals surface area contributed by atoms with Crippen LogP contribution in [0, 0.1) is 5.92 Å². The summed E-state index contributed by atoms with van der Waals surface area (Å²) in [6, 6.07) is 4.11. The van der Waals surface area contributed by atoms with Crippen LogP contribution in [0.3, 0.4) is 0 Å². The molecule has 2 unspecified atom stereocenters. The van der Waals surface area contributed by atoms with Gasteiger partial charge in [-0.15, -0.1) is 0 Å². The van der Waals surface area contributed by atoms with E-state index in [0.717, 1.165) is 12.5 Å². The summed E-state index contributed by atoms with van der Waals surface area (Å²) in [7, 11) is 0. The first kappa shape index (κ1) is 14.7. The first-order valence-corrected chi connectivity index (χ1v) is 6.88. The van der Waals surface area contributed by atoms with Gasteiger partial charge in [0.25, 0.3) is 0 Å². The Morgan fingerprint density at radius 3 is 2.74 bits per heavy atom. The molecule has 1 aromatic carbocycles.